The molecule has 1 aromatic heterocycles. The van der Waals surface area contributed by atoms with Crippen molar-refractivity contribution >= 4 is 0 Å². The molecule has 0 fully saturated rings. The van der Waals surface area contributed by atoms with Crippen molar-refractivity contribution in [3.8, 4) is 11.5 Å². The molecular formula is C13H15NO. The van der Waals surface area contributed by atoms with Gasteiger partial charge in [-0.2, -0.15) is 0 Å². The molecule has 0 aliphatic heterocycles. The maximum atomic E-state index is 5.56. The molecule has 1 heterocycles. The van der Waals surface area contributed by atoms with E-state index in [0.29, 0.717) is 0 Å². The van der Waals surface area contributed by atoms with E-state index in [1.54, 1.807) is 6.20 Å². The van der Waals surface area contributed by atoms with Crippen molar-refractivity contribution in [3.63, 3.8) is 0 Å². The fourth-order valence-electron chi connectivity index (χ4n) is 1.99. The Labute approximate surface area is 90.0 Å². The highest BCUT2D eigenvalue weighted by Crippen LogP contribution is 2.27. The van der Waals surface area contributed by atoms with Gasteiger partial charge in [0.2, 0.25) is 5.89 Å². The summed E-state index contributed by atoms with van der Waals surface area (Å²) in [7, 11) is 0. The Kier molecular flexibility index (Phi) is 2.35. The van der Waals surface area contributed by atoms with Crippen LogP contribution in [0.2, 0.25) is 0 Å². The normalized spacial score (nSPS) is 10.7. The number of nitrogens with zero attached hydrogens (tertiary/aromatic N) is 1. The van der Waals surface area contributed by atoms with Gasteiger partial charge in [0.25, 0.3) is 0 Å². The van der Waals surface area contributed by atoms with E-state index in [0.717, 1.165) is 17.2 Å². The Morgan fingerprint density at radius 1 is 1.00 bits per heavy atom. The third-order valence-corrected chi connectivity index (χ3v) is 2.51. The molecule has 15 heavy (non-hydrogen) atoms. The van der Waals surface area contributed by atoms with Crippen LogP contribution in [0.3, 0.4) is 0 Å². The lowest BCUT2D eigenvalue weighted by Gasteiger charge is -2.07. The van der Waals surface area contributed by atoms with Crippen LogP contribution in [0.25, 0.3) is 11.5 Å². The summed E-state index contributed by atoms with van der Waals surface area (Å²) in [5.74, 6) is 1.58. The standard InChI is InChI=1S/C13H15NO/c1-8-5-9(2)12(10(3)6-8)13-14-7-11(4)15-13/h5-7H,1-4H3. The molecule has 0 bridgehead atoms. The van der Waals surface area contributed by atoms with Gasteiger partial charge in [-0.25, -0.2) is 4.98 Å². The van der Waals surface area contributed by atoms with E-state index in [2.05, 4.69) is 37.9 Å². The number of rotatable bonds is 1. The number of hydrogen-bond donors (Lipinski definition) is 0. The summed E-state index contributed by atoms with van der Waals surface area (Å²) in [5.41, 5.74) is 4.83. The topological polar surface area (TPSA) is 26.0 Å². The highest BCUT2D eigenvalue weighted by atomic mass is 16.4. The van der Waals surface area contributed by atoms with Gasteiger partial charge >= 0.3 is 0 Å². The summed E-state index contributed by atoms with van der Waals surface area (Å²) in [6, 6.07) is 4.31. The van der Waals surface area contributed by atoms with Crippen LogP contribution in [-0.2, 0) is 0 Å². The lowest BCUT2D eigenvalue weighted by molar-refractivity contribution is 0.542. The maximum absolute atomic E-state index is 5.56. The molecular weight excluding hydrogens is 186 g/mol. The van der Waals surface area contributed by atoms with Crippen LogP contribution in [0.1, 0.15) is 22.5 Å². The third-order valence-electron chi connectivity index (χ3n) is 2.51. The van der Waals surface area contributed by atoms with Gasteiger partial charge < -0.3 is 4.42 Å². The Hall–Kier alpha value is -1.57. The minimum Gasteiger partial charge on any atom is -0.441 e. The van der Waals surface area contributed by atoms with Crippen LogP contribution in [0.15, 0.2) is 22.7 Å². The summed E-state index contributed by atoms with van der Waals surface area (Å²) in [6.07, 6.45) is 1.76. The minimum absolute atomic E-state index is 0.725. The van der Waals surface area contributed by atoms with Gasteiger partial charge in [-0.3, -0.25) is 0 Å². The van der Waals surface area contributed by atoms with Crippen molar-refractivity contribution in [2.75, 3.05) is 0 Å². The third kappa shape index (κ3) is 1.80. The second-order valence-electron chi connectivity index (χ2n) is 4.05. The first-order chi connectivity index (χ1) is 7.08. The number of oxazole rings is 1. The van der Waals surface area contributed by atoms with E-state index in [9.17, 15) is 0 Å². The molecule has 2 aromatic rings. The van der Waals surface area contributed by atoms with E-state index in [1.807, 2.05) is 6.92 Å². The molecule has 0 radical (unpaired) electrons. The van der Waals surface area contributed by atoms with Crippen molar-refractivity contribution in [1.29, 1.82) is 0 Å². The first-order valence-corrected chi connectivity index (χ1v) is 5.08. The van der Waals surface area contributed by atoms with E-state index < -0.39 is 0 Å². The summed E-state index contributed by atoms with van der Waals surface area (Å²) < 4.78 is 5.56. The molecule has 0 unspecified atom stereocenters. The van der Waals surface area contributed by atoms with Crippen molar-refractivity contribution < 1.29 is 4.42 Å². The highest BCUT2D eigenvalue weighted by Gasteiger charge is 2.11. The zero-order valence-corrected chi connectivity index (χ0v) is 9.59. The highest BCUT2D eigenvalue weighted by molar-refractivity contribution is 5.63. The average molecular weight is 201 g/mol. The molecule has 0 amide bonds. The van der Waals surface area contributed by atoms with Crippen molar-refractivity contribution in [1.82, 2.24) is 4.98 Å². The molecule has 0 aliphatic rings. The summed E-state index contributed by atoms with van der Waals surface area (Å²) >= 11 is 0. The van der Waals surface area contributed by atoms with Crippen molar-refractivity contribution in [2.24, 2.45) is 0 Å². The van der Waals surface area contributed by atoms with Gasteiger partial charge in [-0.1, -0.05) is 17.7 Å². The smallest absolute Gasteiger partial charge is 0.226 e. The average Bonchev–Trinajstić information content (AvgIpc) is 2.49. The fraction of sp³-hybridized carbons (Fsp3) is 0.308. The van der Waals surface area contributed by atoms with Crippen LogP contribution in [-0.4, -0.2) is 4.98 Å². The van der Waals surface area contributed by atoms with Gasteiger partial charge in [-0.15, -0.1) is 0 Å². The fourth-order valence-corrected chi connectivity index (χ4v) is 1.99. The van der Waals surface area contributed by atoms with Gasteiger partial charge in [0, 0.05) is 5.56 Å². The number of hydrogen-bond acceptors (Lipinski definition) is 2. The predicted molar refractivity (Wildman–Crippen MR) is 60.9 cm³/mol. The SMILES string of the molecule is Cc1cc(C)c(-c2ncc(C)o2)c(C)c1. The Morgan fingerprint density at radius 2 is 1.60 bits per heavy atom. The summed E-state index contributed by atoms with van der Waals surface area (Å²) in [6.45, 7) is 8.20. The zero-order chi connectivity index (χ0) is 11.0. The molecule has 0 N–H and O–H groups in total. The molecule has 1 aromatic carbocycles. The van der Waals surface area contributed by atoms with Gasteiger partial charge in [0.1, 0.15) is 5.76 Å². The predicted octanol–water partition coefficient (Wildman–Crippen LogP) is 3.58. The van der Waals surface area contributed by atoms with Crippen molar-refractivity contribution in [2.45, 2.75) is 27.7 Å². The zero-order valence-electron chi connectivity index (χ0n) is 9.59. The molecule has 2 heteroatoms. The lowest BCUT2D eigenvalue weighted by Crippen LogP contribution is -1.89. The number of benzene rings is 1. The van der Waals surface area contributed by atoms with E-state index in [-0.39, 0.29) is 0 Å². The Morgan fingerprint density at radius 3 is 2.07 bits per heavy atom. The van der Waals surface area contributed by atoms with Crippen LogP contribution in [0, 0.1) is 27.7 Å². The maximum Gasteiger partial charge on any atom is 0.226 e. The monoisotopic (exact) mass is 201 g/mol. The van der Waals surface area contributed by atoms with Gasteiger partial charge in [0.15, 0.2) is 0 Å². The van der Waals surface area contributed by atoms with Crippen LogP contribution in [0.4, 0.5) is 0 Å². The van der Waals surface area contributed by atoms with Crippen LogP contribution in [0.5, 0.6) is 0 Å². The summed E-state index contributed by atoms with van der Waals surface area (Å²) in [4.78, 5) is 4.27. The Balaban J connectivity index is 2.62. The van der Waals surface area contributed by atoms with E-state index >= 15 is 0 Å². The minimum atomic E-state index is 0.725. The molecule has 0 saturated heterocycles. The van der Waals surface area contributed by atoms with Gasteiger partial charge in [-0.05, 0) is 38.8 Å². The van der Waals surface area contributed by atoms with E-state index in [4.69, 9.17) is 4.42 Å². The second-order valence-corrected chi connectivity index (χ2v) is 4.05. The lowest BCUT2D eigenvalue weighted by atomic mass is 10.00. The van der Waals surface area contributed by atoms with Gasteiger partial charge in [0.05, 0.1) is 6.20 Å². The van der Waals surface area contributed by atoms with Crippen LogP contribution >= 0.6 is 0 Å². The molecule has 0 saturated carbocycles. The van der Waals surface area contributed by atoms with Crippen LogP contribution < -0.4 is 0 Å². The largest absolute Gasteiger partial charge is 0.441 e. The first-order valence-electron chi connectivity index (χ1n) is 5.08. The summed E-state index contributed by atoms with van der Waals surface area (Å²) in [5, 5.41) is 0. The van der Waals surface area contributed by atoms with Crippen molar-refractivity contribution in [3.05, 3.63) is 40.8 Å². The molecule has 0 spiro atoms. The molecule has 2 nitrogen and oxygen atoms in total. The Bertz CT molecular complexity index is 474. The number of aryl methyl sites for hydroxylation is 4. The molecule has 78 valence electrons. The molecule has 0 atom stereocenters. The molecule has 0 aliphatic carbocycles. The second kappa shape index (κ2) is 3.54. The molecule has 2 rings (SSSR count). The van der Waals surface area contributed by atoms with E-state index in [1.165, 1.54) is 16.7 Å². The first kappa shape index (κ1) is 9.97. The number of aromatic nitrogens is 1. The quantitative estimate of drug-likeness (QED) is 0.704.